The van der Waals surface area contributed by atoms with Crippen molar-refractivity contribution in [2.75, 3.05) is 26.2 Å². The summed E-state index contributed by atoms with van der Waals surface area (Å²) in [6.45, 7) is 1.62. The Balaban J connectivity index is 1.45. The third-order valence-corrected chi connectivity index (χ3v) is 5.92. The second kappa shape index (κ2) is 7.03. The molecule has 27 heavy (non-hydrogen) atoms. The smallest absolute Gasteiger partial charge is 0.255 e. The average molecular weight is 392 g/mol. The molecule has 8 heteroatoms. The molecular weight excluding hydrogens is 370 g/mol. The van der Waals surface area contributed by atoms with Gasteiger partial charge in [0.05, 0.1) is 18.7 Å². The largest absolute Gasteiger partial charge is 0.485 e. The normalized spacial score (nSPS) is 27.9. The molecule has 3 amide bonds. The molecule has 4 rings (SSSR count). The topological polar surface area (TPSA) is 87.7 Å². The van der Waals surface area contributed by atoms with E-state index in [1.807, 2.05) is 0 Å². The van der Waals surface area contributed by atoms with Crippen molar-refractivity contribution >= 4 is 29.3 Å². The molecule has 1 aliphatic carbocycles. The Morgan fingerprint density at radius 1 is 1.22 bits per heavy atom. The van der Waals surface area contributed by atoms with Gasteiger partial charge in [0.1, 0.15) is 11.4 Å². The maximum atomic E-state index is 12.7. The van der Waals surface area contributed by atoms with Crippen molar-refractivity contribution in [2.45, 2.75) is 31.3 Å². The highest BCUT2D eigenvalue weighted by Crippen LogP contribution is 2.39. The molecule has 2 aliphatic heterocycles. The van der Waals surface area contributed by atoms with E-state index in [1.165, 1.54) is 0 Å². The first kappa shape index (κ1) is 18.1. The zero-order chi connectivity index (χ0) is 19.0. The second-order valence-electron chi connectivity index (χ2n) is 7.49. The minimum atomic E-state index is -0.509. The third-order valence-electron chi connectivity index (χ3n) is 5.68. The van der Waals surface area contributed by atoms with Crippen LogP contribution in [0.2, 0.25) is 5.02 Å². The Morgan fingerprint density at radius 3 is 2.74 bits per heavy atom. The van der Waals surface area contributed by atoms with Gasteiger partial charge >= 0.3 is 0 Å². The third kappa shape index (κ3) is 3.60. The summed E-state index contributed by atoms with van der Waals surface area (Å²) in [4.78, 5) is 38.3. The fourth-order valence-corrected chi connectivity index (χ4v) is 4.30. The number of fused-ring (bicyclic) bond motifs is 1. The number of hydrogen-bond donors (Lipinski definition) is 2. The summed E-state index contributed by atoms with van der Waals surface area (Å²) in [7, 11) is 0. The molecule has 0 radical (unpaired) electrons. The Bertz CT molecular complexity index is 789. The molecule has 7 nitrogen and oxygen atoms in total. The van der Waals surface area contributed by atoms with Crippen molar-refractivity contribution < 1.29 is 19.1 Å². The van der Waals surface area contributed by atoms with Gasteiger partial charge in [-0.05, 0) is 43.9 Å². The summed E-state index contributed by atoms with van der Waals surface area (Å²) in [6, 6.07) is 5.05. The minimum Gasteiger partial charge on any atom is -0.485 e. The molecular formula is C19H22ClN3O4. The lowest BCUT2D eigenvalue weighted by Gasteiger charge is -2.40. The van der Waals surface area contributed by atoms with Crippen molar-refractivity contribution in [3.63, 3.8) is 0 Å². The quantitative estimate of drug-likeness (QED) is 0.756. The first-order chi connectivity index (χ1) is 13.0. The highest BCUT2D eigenvalue weighted by Gasteiger charge is 2.43. The van der Waals surface area contributed by atoms with E-state index in [0.29, 0.717) is 61.7 Å². The van der Waals surface area contributed by atoms with Crippen LogP contribution in [0.5, 0.6) is 5.75 Å². The molecule has 0 atom stereocenters. The van der Waals surface area contributed by atoms with Gasteiger partial charge < -0.3 is 20.3 Å². The number of nitrogens with zero attached hydrogens (tertiary/aromatic N) is 1. The predicted octanol–water partition coefficient (Wildman–Crippen LogP) is 1.35. The van der Waals surface area contributed by atoms with Gasteiger partial charge in [0.2, 0.25) is 11.8 Å². The molecule has 2 N–H and O–H groups in total. The predicted molar refractivity (Wildman–Crippen MR) is 98.7 cm³/mol. The van der Waals surface area contributed by atoms with Gasteiger partial charge in [-0.3, -0.25) is 14.4 Å². The first-order valence-corrected chi connectivity index (χ1v) is 9.66. The lowest BCUT2D eigenvalue weighted by molar-refractivity contribution is -0.143. The van der Waals surface area contributed by atoms with E-state index in [0.717, 1.165) is 0 Å². The van der Waals surface area contributed by atoms with Gasteiger partial charge in [0.15, 0.2) is 0 Å². The van der Waals surface area contributed by atoms with E-state index in [2.05, 4.69) is 10.6 Å². The first-order valence-electron chi connectivity index (χ1n) is 9.28. The monoisotopic (exact) mass is 391 g/mol. The van der Waals surface area contributed by atoms with Crippen LogP contribution in [0, 0.1) is 5.92 Å². The summed E-state index contributed by atoms with van der Waals surface area (Å²) >= 11 is 6.00. The minimum absolute atomic E-state index is 0.0459. The van der Waals surface area contributed by atoms with Gasteiger partial charge in [-0.2, -0.15) is 0 Å². The van der Waals surface area contributed by atoms with Gasteiger partial charge in [0.25, 0.3) is 5.91 Å². The Morgan fingerprint density at radius 2 is 2.00 bits per heavy atom. The lowest BCUT2D eigenvalue weighted by Crippen LogP contribution is -2.53. The summed E-state index contributed by atoms with van der Waals surface area (Å²) in [6.07, 6.45) is 2.70. The molecule has 144 valence electrons. The van der Waals surface area contributed by atoms with Crippen molar-refractivity contribution in [2.24, 2.45) is 5.92 Å². The number of benzene rings is 1. The summed E-state index contributed by atoms with van der Waals surface area (Å²) in [5.74, 6) is 0.180. The molecule has 1 saturated heterocycles. The summed E-state index contributed by atoms with van der Waals surface area (Å²) < 4.78 is 6.27. The zero-order valence-corrected chi connectivity index (χ0v) is 15.7. The van der Waals surface area contributed by atoms with E-state index in [-0.39, 0.29) is 30.2 Å². The van der Waals surface area contributed by atoms with Gasteiger partial charge in [-0.1, -0.05) is 11.6 Å². The van der Waals surface area contributed by atoms with Crippen LogP contribution >= 0.6 is 11.6 Å². The van der Waals surface area contributed by atoms with Gasteiger partial charge in [-0.25, -0.2) is 0 Å². The van der Waals surface area contributed by atoms with Crippen LogP contribution in [-0.2, 0) is 9.59 Å². The van der Waals surface area contributed by atoms with Gasteiger partial charge in [0, 0.05) is 24.0 Å². The molecule has 0 bridgehead atoms. The molecule has 0 unspecified atom stereocenters. The Labute approximate surface area is 162 Å². The standard InChI is InChI=1S/C19H22ClN3O4/c20-13-1-2-15-14(9-13)17(25)22-11-19(27-15)5-3-12(4-6-19)18(26)23-8-7-21-16(24)10-23/h1-2,9,12H,3-8,10-11H2,(H,21,24)(H,22,25). The fraction of sp³-hybridized carbons (Fsp3) is 0.526. The number of carbonyl (C=O) groups excluding carboxylic acids is 3. The van der Waals surface area contributed by atoms with E-state index < -0.39 is 5.60 Å². The van der Waals surface area contributed by atoms with Crippen molar-refractivity contribution in [1.82, 2.24) is 15.5 Å². The summed E-state index contributed by atoms with van der Waals surface area (Å²) in [5, 5.41) is 6.16. The number of piperazine rings is 1. The molecule has 2 heterocycles. The van der Waals surface area contributed by atoms with Crippen molar-refractivity contribution in [3.05, 3.63) is 28.8 Å². The van der Waals surface area contributed by atoms with Crippen LogP contribution in [0.15, 0.2) is 18.2 Å². The van der Waals surface area contributed by atoms with Gasteiger partial charge in [-0.15, -0.1) is 0 Å². The molecule has 1 saturated carbocycles. The highest BCUT2D eigenvalue weighted by molar-refractivity contribution is 6.31. The molecule has 2 fully saturated rings. The van der Waals surface area contributed by atoms with Crippen molar-refractivity contribution in [3.8, 4) is 5.75 Å². The molecule has 1 aromatic rings. The van der Waals surface area contributed by atoms with Crippen LogP contribution < -0.4 is 15.4 Å². The number of nitrogens with one attached hydrogen (secondary N) is 2. The Kier molecular flexibility index (Phi) is 4.72. The number of ether oxygens (including phenoxy) is 1. The number of hydrogen-bond acceptors (Lipinski definition) is 4. The van der Waals surface area contributed by atoms with Crippen LogP contribution in [0.25, 0.3) is 0 Å². The SMILES string of the molecule is O=C1CN(C(=O)C2CCC3(CC2)CNC(=O)c2cc(Cl)ccc2O3)CCN1. The molecule has 0 aromatic heterocycles. The number of rotatable bonds is 1. The van der Waals surface area contributed by atoms with Crippen LogP contribution in [0.3, 0.4) is 0 Å². The maximum absolute atomic E-state index is 12.7. The van der Waals surface area contributed by atoms with Crippen LogP contribution in [-0.4, -0.2) is 54.4 Å². The average Bonchev–Trinajstić information content (AvgIpc) is 2.80. The molecule has 1 spiro atoms. The lowest BCUT2D eigenvalue weighted by atomic mass is 9.78. The van der Waals surface area contributed by atoms with Crippen molar-refractivity contribution in [1.29, 1.82) is 0 Å². The van der Waals surface area contributed by atoms with E-state index in [1.54, 1.807) is 23.1 Å². The number of amides is 3. The second-order valence-corrected chi connectivity index (χ2v) is 7.93. The number of halogens is 1. The van der Waals surface area contributed by atoms with Crippen LogP contribution in [0.1, 0.15) is 36.0 Å². The highest BCUT2D eigenvalue weighted by atomic mass is 35.5. The maximum Gasteiger partial charge on any atom is 0.255 e. The fourth-order valence-electron chi connectivity index (χ4n) is 4.13. The van der Waals surface area contributed by atoms with E-state index in [9.17, 15) is 14.4 Å². The molecule has 3 aliphatic rings. The van der Waals surface area contributed by atoms with E-state index >= 15 is 0 Å². The van der Waals surface area contributed by atoms with E-state index in [4.69, 9.17) is 16.3 Å². The summed E-state index contributed by atoms with van der Waals surface area (Å²) in [5.41, 5.74) is -0.0676. The molecule has 1 aromatic carbocycles. The van der Waals surface area contributed by atoms with Crippen LogP contribution in [0.4, 0.5) is 0 Å². The Hall–Kier alpha value is -2.28. The number of carbonyl (C=O) groups is 3. The zero-order valence-electron chi connectivity index (χ0n) is 14.9.